The molecule has 0 bridgehead atoms. The van der Waals surface area contributed by atoms with E-state index < -0.39 is 4.92 Å². The van der Waals surface area contributed by atoms with Crippen LogP contribution in [0.3, 0.4) is 0 Å². The van der Waals surface area contributed by atoms with Crippen LogP contribution in [0.25, 0.3) is 0 Å². The van der Waals surface area contributed by atoms with E-state index in [2.05, 4.69) is 15.9 Å². The molecular weight excluding hydrogens is 362 g/mol. The van der Waals surface area contributed by atoms with Gasteiger partial charge in [-0.15, -0.1) is 0 Å². The van der Waals surface area contributed by atoms with Crippen molar-refractivity contribution in [2.24, 2.45) is 0 Å². The van der Waals surface area contributed by atoms with Crippen molar-refractivity contribution >= 4 is 39.0 Å². The van der Waals surface area contributed by atoms with E-state index in [1.54, 1.807) is 30.3 Å². The Bertz CT molecular complexity index is 691. The molecule has 2 rings (SSSR count). The topological polar surface area (TPSA) is 69.4 Å². The van der Waals surface area contributed by atoms with Gasteiger partial charge in [-0.1, -0.05) is 41.9 Å². The number of benzene rings is 2. The van der Waals surface area contributed by atoms with Gasteiger partial charge in [0.1, 0.15) is 0 Å². The number of rotatable bonds is 5. The van der Waals surface area contributed by atoms with Crippen LogP contribution in [0.15, 0.2) is 46.9 Å². The van der Waals surface area contributed by atoms with Gasteiger partial charge in [-0.3, -0.25) is 14.9 Å². The molecule has 108 valence electrons. The molecule has 7 heteroatoms. The number of hydrogen-bond acceptors (Lipinski definition) is 4. The van der Waals surface area contributed by atoms with E-state index in [0.717, 1.165) is 0 Å². The third kappa shape index (κ3) is 3.80. The van der Waals surface area contributed by atoms with Crippen LogP contribution in [0, 0.1) is 10.1 Å². The Morgan fingerprint density at radius 3 is 2.57 bits per heavy atom. The number of ketones is 1. The van der Waals surface area contributed by atoms with E-state index in [-0.39, 0.29) is 28.8 Å². The third-order valence-corrected chi connectivity index (χ3v) is 3.44. The molecule has 2 aromatic rings. The zero-order chi connectivity index (χ0) is 15.4. The Balaban J connectivity index is 2.21. The lowest BCUT2D eigenvalue weighted by Gasteiger charge is -2.08. The van der Waals surface area contributed by atoms with Gasteiger partial charge in [0.15, 0.2) is 12.4 Å². The molecule has 0 unspecified atom stereocenters. The summed E-state index contributed by atoms with van der Waals surface area (Å²) in [6.07, 6.45) is 0. The molecule has 0 aliphatic rings. The molecular formula is C14H9BrClNO4. The summed E-state index contributed by atoms with van der Waals surface area (Å²) in [4.78, 5) is 22.3. The maximum absolute atomic E-state index is 11.9. The lowest BCUT2D eigenvalue weighted by molar-refractivity contribution is -0.385. The monoisotopic (exact) mass is 369 g/mol. The Hall–Kier alpha value is -1.92. The number of nitrogens with zero attached hydrogens (tertiary/aromatic N) is 1. The van der Waals surface area contributed by atoms with Crippen LogP contribution < -0.4 is 4.74 Å². The van der Waals surface area contributed by atoms with Crippen molar-refractivity contribution in [3.8, 4) is 5.75 Å². The van der Waals surface area contributed by atoms with Gasteiger partial charge in [0.25, 0.3) is 0 Å². The molecule has 0 aliphatic carbocycles. The first-order valence-corrected chi connectivity index (χ1v) is 7.00. The minimum atomic E-state index is -0.612. The van der Waals surface area contributed by atoms with Gasteiger partial charge in [-0.05, 0) is 22.0 Å². The molecule has 2 aromatic carbocycles. The SMILES string of the molecule is O=C(COc1c(Br)cc(Cl)cc1[N+](=O)[O-])c1ccccc1. The van der Waals surface area contributed by atoms with Crippen molar-refractivity contribution in [3.05, 3.63) is 67.6 Å². The number of hydrogen-bond donors (Lipinski definition) is 0. The van der Waals surface area contributed by atoms with Crippen molar-refractivity contribution in [1.82, 2.24) is 0 Å². The first kappa shape index (κ1) is 15.5. The Labute approximate surface area is 133 Å². The van der Waals surface area contributed by atoms with E-state index >= 15 is 0 Å². The number of carbonyl (C=O) groups is 1. The van der Waals surface area contributed by atoms with Crippen LogP contribution in [0.5, 0.6) is 5.75 Å². The van der Waals surface area contributed by atoms with Crippen LogP contribution in [0.4, 0.5) is 5.69 Å². The fourth-order valence-corrected chi connectivity index (χ4v) is 2.58. The second kappa shape index (κ2) is 6.69. The van der Waals surface area contributed by atoms with Gasteiger partial charge in [0, 0.05) is 16.7 Å². The van der Waals surface area contributed by atoms with Crippen molar-refractivity contribution in [3.63, 3.8) is 0 Å². The van der Waals surface area contributed by atoms with E-state index in [4.69, 9.17) is 16.3 Å². The molecule has 0 saturated carbocycles. The highest BCUT2D eigenvalue weighted by Gasteiger charge is 2.21. The number of nitro groups is 1. The van der Waals surface area contributed by atoms with Crippen LogP contribution in [0.1, 0.15) is 10.4 Å². The quantitative estimate of drug-likeness (QED) is 0.448. The number of halogens is 2. The van der Waals surface area contributed by atoms with Crippen molar-refractivity contribution in [2.75, 3.05) is 6.61 Å². The van der Waals surface area contributed by atoms with E-state index in [0.29, 0.717) is 10.0 Å². The highest BCUT2D eigenvalue weighted by atomic mass is 79.9. The minimum Gasteiger partial charge on any atom is -0.478 e. The molecule has 0 heterocycles. The Kier molecular flexibility index (Phi) is 4.93. The summed E-state index contributed by atoms with van der Waals surface area (Å²) in [5.74, 6) is -0.291. The average Bonchev–Trinajstić information content (AvgIpc) is 2.46. The zero-order valence-corrected chi connectivity index (χ0v) is 12.9. The first-order valence-electron chi connectivity index (χ1n) is 5.83. The largest absolute Gasteiger partial charge is 0.478 e. The molecule has 0 radical (unpaired) electrons. The highest BCUT2D eigenvalue weighted by molar-refractivity contribution is 9.10. The zero-order valence-electron chi connectivity index (χ0n) is 10.6. The third-order valence-electron chi connectivity index (χ3n) is 2.63. The number of nitro benzene ring substituents is 1. The van der Waals surface area contributed by atoms with Gasteiger partial charge in [-0.2, -0.15) is 0 Å². The summed E-state index contributed by atoms with van der Waals surface area (Å²) in [6, 6.07) is 11.2. The smallest absolute Gasteiger partial charge is 0.313 e. The minimum absolute atomic E-state index is 0.0197. The van der Waals surface area contributed by atoms with Crippen molar-refractivity contribution in [2.45, 2.75) is 0 Å². The molecule has 0 saturated heterocycles. The summed E-state index contributed by atoms with van der Waals surface area (Å²) in [7, 11) is 0. The predicted molar refractivity (Wildman–Crippen MR) is 82.1 cm³/mol. The maximum Gasteiger partial charge on any atom is 0.313 e. The average molecular weight is 371 g/mol. The summed E-state index contributed by atoms with van der Waals surface area (Å²) in [6.45, 7) is -0.301. The first-order chi connectivity index (χ1) is 9.99. The van der Waals surface area contributed by atoms with Gasteiger partial charge < -0.3 is 4.74 Å². The molecule has 0 N–H and O–H groups in total. The summed E-state index contributed by atoms with van der Waals surface area (Å²) >= 11 is 8.92. The Morgan fingerprint density at radius 1 is 1.29 bits per heavy atom. The van der Waals surface area contributed by atoms with Crippen LogP contribution in [0.2, 0.25) is 5.02 Å². The second-order valence-corrected chi connectivity index (χ2v) is 5.36. The lowest BCUT2D eigenvalue weighted by atomic mass is 10.1. The van der Waals surface area contributed by atoms with Gasteiger partial charge >= 0.3 is 5.69 Å². The fraction of sp³-hybridized carbons (Fsp3) is 0.0714. The van der Waals surface area contributed by atoms with Crippen LogP contribution in [-0.2, 0) is 0 Å². The van der Waals surface area contributed by atoms with Gasteiger partial charge in [-0.25, -0.2) is 0 Å². The van der Waals surface area contributed by atoms with Crippen molar-refractivity contribution in [1.29, 1.82) is 0 Å². The second-order valence-electron chi connectivity index (χ2n) is 4.07. The predicted octanol–water partition coefficient (Wildman–Crippen LogP) is 4.27. The fourth-order valence-electron chi connectivity index (χ4n) is 1.67. The number of carbonyl (C=O) groups excluding carboxylic acids is 1. The van der Waals surface area contributed by atoms with Gasteiger partial charge in [0.2, 0.25) is 5.75 Å². The normalized spacial score (nSPS) is 10.2. The van der Waals surface area contributed by atoms with Crippen LogP contribution >= 0.6 is 27.5 Å². The van der Waals surface area contributed by atoms with Gasteiger partial charge in [0.05, 0.1) is 9.40 Å². The van der Waals surface area contributed by atoms with Crippen molar-refractivity contribution < 1.29 is 14.5 Å². The number of Topliss-reactive ketones (excluding diaryl/α,β-unsaturated/α-hetero) is 1. The van der Waals surface area contributed by atoms with E-state index in [1.807, 2.05) is 0 Å². The molecule has 5 nitrogen and oxygen atoms in total. The molecule has 0 aliphatic heterocycles. The van der Waals surface area contributed by atoms with Crippen LogP contribution in [-0.4, -0.2) is 17.3 Å². The molecule has 21 heavy (non-hydrogen) atoms. The molecule has 0 atom stereocenters. The summed E-state index contributed by atoms with van der Waals surface area (Å²) < 4.78 is 5.63. The summed E-state index contributed by atoms with van der Waals surface area (Å²) in [5.41, 5.74) is 0.181. The molecule has 0 fully saturated rings. The standard InChI is InChI=1S/C14H9BrClNO4/c15-11-6-10(16)7-12(17(19)20)14(11)21-8-13(18)9-4-2-1-3-5-9/h1-7H,8H2. The lowest BCUT2D eigenvalue weighted by Crippen LogP contribution is -2.12. The summed E-state index contributed by atoms with van der Waals surface area (Å²) in [5, 5.41) is 11.2. The Morgan fingerprint density at radius 2 is 1.95 bits per heavy atom. The maximum atomic E-state index is 11.9. The number of ether oxygens (including phenoxy) is 1. The van der Waals surface area contributed by atoms with E-state index in [9.17, 15) is 14.9 Å². The molecule has 0 amide bonds. The molecule has 0 aromatic heterocycles. The molecule has 0 spiro atoms. The highest BCUT2D eigenvalue weighted by Crippen LogP contribution is 2.37. The van der Waals surface area contributed by atoms with E-state index in [1.165, 1.54) is 12.1 Å².